The van der Waals surface area contributed by atoms with E-state index in [2.05, 4.69) is 10.6 Å². The Bertz CT molecular complexity index is 200. The number of rotatable bonds is 1. The van der Waals surface area contributed by atoms with Crippen LogP contribution in [0.3, 0.4) is 0 Å². The first kappa shape index (κ1) is 12.5. The molecule has 1 aliphatic heterocycles. The Balaban J connectivity index is 2.38. The second-order valence-electron chi connectivity index (χ2n) is 5.47. The lowest BCUT2D eigenvalue weighted by Gasteiger charge is -2.26. The van der Waals surface area contributed by atoms with Crippen molar-refractivity contribution in [2.75, 3.05) is 13.1 Å². The van der Waals surface area contributed by atoms with Gasteiger partial charge in [0.05, 0.1) is 0 Å². The first-order chi connectivity index (χ1) is 7.00. The summed E-state index contributed by atoms with van der Waals surface area (Å²) in [5.74, 6) is 0.162. The van der Waals surface area contributed by atoms with Crippen LogP contribution in [-0.4, -0.2) is 25.0 Å². The second kappa shape index (κ2) is 5.50. The van der Waals surface area contributed by atoms with Crippen LogP contribution in [-0.2, 0) is 4.79 Å². The second-order valence-corrected chi connectivity index (χ2v) is 5.47. The SMILES string of the molecule is CC(C)(C)C(=O)N[C@H]1CCCCCNC1. The molecule has 0 aromatic heterocycles. The number of hydrogen-bond acceptors (Lipinski definition) is 2. The molecule has 1 atom stereocenters. The van der Waals surface area contributed by atoms with Gasteiger partial charge in [-0.2, -0.15) is 0 Å². The lowest BCUT2D eigenvalue weighted by atomic mass is 9.94. The summed E-state index contributed by atoms with van der Waals surface area (Å²) in [5.41, 5.74) is -0.275. The van der Waals surface area contributed by atoms with E-state index in [1.54, 1.807) is 0 Å². The van der Waals surface area contributed by atoms with Gasteiger partial charge in [0.2, 0.25) is 5.91 Å². The highest BCUT2D eigenvalue weighted by Gasteiger charge is 2.23. The summed E-state index contributed by atoms with van der Waals surface area (Å²) in [4.78, 5) is 11.8. The summed E-state index contributed by atoms with van der Waals surface area (Å²) in [6.07, 6.45) is 4.88. The molecule has 0 aromatic rings. The first-order valence-corrected chi connectivity index (χ1v) is 6.02. The fourth-order valence-corrected chi connectivity index (χ4v) is 1.72. The average molecular weight is 212 g/mol. The zero-order chi connectivity index (χ0) is 11.3. The Morgan fingerprint density at radius 3 is 2.67 bits per heavy atom. The van der Waals surface area contributed by atoms with Crippen molar-refractivity contribution in [2.24, 2.45) is 5.41 Å². The van der Waals surface area contributed by atoms with Crippen LogP contribution in [0.5, 0.6) is 0 Å². The van der Waals surface area contributed by atoms with Gasteiger partial charge in [-0.15, -0.1) is 0 Å². The summed E-state index contributed by atoms with van der Waals surface area (Å²) in [6.45, 7) is 7.87. The number of nitrogens with one attached hydrogen (secondary N) is 2. The number of carbonyl (C=O) groups is 1. The van der Waals surface area contributed by atoms with Crippen LogP contribution in [0.4, 0.5) is 0 Å². The number of carbonyl (C=O) groups excluding carboxylic acids is 1. The number of amides is 1. The van der Waals surface area contributed by atoms with Crippen LogP contribution in [0.1, 0.15) is 46.5 Å². The fourth-order valence-electron chi connectivity index (χ4n) is 1.72. The third-order valence-corrected chi connectivity index (χ3v) is 2.81. The highest BCUT2D eigenvalue weighted by atomic mass is 16.2. The predicted molar refractivity (Wildman–Crippen MR) is 62.7 cm³/mol. The van der Waals surface area contributed by atoms with Crippen LogP contribution in [0, 0.1) is 5.41 Å². The smallest absolute Gasteiger partial charge is 0.225 e. The predicted octanol–water partition coefficient (Wildman–Crippen LogP) is 1.68. The molecule has 0 saturated carbocycles. The molecule has 0 spiro atoms. The molecule has 0 aliphatic carbocycles. The van der Waals surface area contributed by atoms with E-state index in [1.807, 2.05) is 20.8 Å². The van der Waals surface area contributed by atoms with E-state index in [9.17, 15) is 4.79 Å². The lowest BCUT2D eigenvalue weighted by molar-refractivity contribution is -0.129. The molecule has 88 valence electrons. The summed E-state index contributed by atoms with van der Waals surface area (Å²) in [7, 11) is 0. The molecular weight excluding hydrogens is 188 g/mol. The summed E-state index contributed by atoms with van der Waals surface area (Å²) in [5, 5.41) is 6.50. The molecule has 15 heavy (non-hydrogen) atoms. The normalized spacial score (nSPS) is 24.1. The zero-order valence-corrected chi connectivity index (χ0v) is 10.2. The quantitative estimate of drug-likeness (QED) is 0.694. The maximum Gasteiger partial charge on any atom is 0.225 e. The van der Waals surface area contributed by atoms with Crippen molar-refractivity contribution in [1.82, 2.24) is 10.6 Å². The zero-order valence-electron chi connectivity index (χ0n) is 10.2. The van der Waals surface area contributed by atoms with Gasteiger partial charge in [0.15, 0.2) is 0 Å². The van der Waals surface area contributed by atoms with E-state index < -0.39 is 0 Å². The van der Waals surface area contributed by atoms with E-state index in [0.29, 0.717) is 6.04 Å². The maximum atomic E-state index is 11.8. The Morgan fingerprint density at radius 1 is 1.27 bits per heavy atom. The van der Waals surface area contributed by atoms with Crippen molar-refractivity contribution in [3.05, 3.63) is 0 Å². The summed E-state index contributed by atoms with van der Waals surface area (Å²) >= 11 is 0. The molecule has 3 heteroatoms. The highest BCUT2D eigenvalue weighted by molar-refractivity contribution is 5.81. The highest BCUT2D eigenvalue weighted by Crippen LogP contribution is 2.14. The van der Waals surface area contributed by atoms with Crippen LogP contribution < -0.4 is 10.6 Å². The molecule has 1 fully saturated rings. The molecule has 1 saturated heterocycles. The van der Waals surface area contributed by atoms with Crippen molar-refractivity contribution in [1.29, 1.82) is 0 Å². The Kier molecular flexibility index (Phi) is 4.58. The Morgan fingerprint density at radius 2 is 2.00 bits per heavy atom. The Labute approximate surface area is 93.0 Å². The van der Waals surface area contributed by atoms with Crippen molar-refractivity contribution >= 4 is 5.91 Å². The Hall–Kier alpha value is -0.570. The van der Waals surface area contributed by atoms with Gasteiger partial charge in [-0.25, -0.2) is 0 Å². The van der Waals surface area contributed by atoms with Gasteiger partial charge in [0.1, 0.15) is 0 Å². The topological polar surface area (TPSA) is 41.1 Å². The van der Waals surface area contributed by atoms with Crippen LogP contribution in [0.2, 0.25) is 0 Å². The fraction of sp³-hybridized carbons (Fsp3) is 0.917. The van der Waals surface area contributed by atoms with Crippen LogP contribution >= 0.6 is 0 Å². The maximum absolute atomic E-state index is 11.8. The lowest BCUT2D eigenvalue weighted by Crippen LogP contribution is -2.47. The molecule has 1 amide bonds. The van der Waals surface area contributed by atoms with Crippen molar-refractivity contribution in [3.8, 4) is 0 Å². The molecular formula is C12H24N2O. The van der Waals surface area contributed by atoms with Gasteiger partial charge >= 0.3 is 0 Å². The molecule has 0 unspecified atom stereocenters. The molecule has 1 aliphatic rings. The van der Waals surface area contributed by atoms with Gasteiger partial charge in [0.25, 0.3) is 0 Å². The largest absolute Gasteiger partial charge is 0.352 e. The molecule has 2 N–H and O–H groups in total. The van der Waals surface area contributed by atoms with Gasteiger partial charge in [0, 0.05) is 18.0 Å². The molecule has 0 bridgehead atoms. The first-order valence-electron chi connectivity index (χ1n) is 6.02. The van der Waals surface area contributed by atoms with Gasteiger partial charge in [-0.1, -0.05) is 33.6 Å². The van der Waals surface area contributed by atoms with Gasteiger partial charge in [-0.05, 0) is 19.4 Å². The minimum atomic E-state index is -0.275. The van der Waals surface area contributed by atoms with Crippen molar-refractivity contribution in [3.63, 3.8) is 0 Å². The molecule has 0 aromatic carbocycles. The summed E-state index contributed by atoms with van der Waals surface area (Å²) < 4.78 is 0. The molecule has 0 radical (unpaired) electrons. The average Bonchev–Trinajstić information content (AvgIpc) is 2.07. The minimum Gasteiger partial charge on any atom is -0.352 e. The van der Waals surface area contributed by atoms with E-state index in [-0.39, 0.29) is 11.3 Å². The monoisotopic (exact) mass is 212 g/mol. The van der Waals surface area contributed by atoms with Gasteiger partial charge in [-0.3, -0.25) is 4.79 Å². The standard InChI is InChI=1S/C12H24N2O/c1-12(2,3)11(15)14-10-7-5-4-6-8-13-9-10/h10,13H,4-9H2,1-3H3,(H,14,15)/t10-/m0/s1. The molecule has 3 nitrogen and oxygen atoms in total. The summed E-state index contributed by atoms with van der Waals surface area (Å²) in [6, 6.07) is 0.317. The van der Waals surface area contributed by atoms with Crippen molar-refractivity contribution in [2.45, 2.75) is 52.5 Å². The van der Waals surface area contributed by atoms with Crippen molar-refractivity contribution < 1.29 is 4.79 Å². The van der Waals surface area contributed by atoms with E-state index in [0.717, 1.165) is 19.5 Å². The van der Waals surface area contributed by atoms with Gasteiger partial charge < -0.3 is 10.6 Å². The van der Waals surface area contributed by atoms with Crippen LogP contribution in [0.15, 0.2) is 0 Å². The number of hydrogen-bond donors (Lipinski definition) is 2. The molecule has 1 rings (SSSR count). The van der Waals surface area contributed by atoms with Crippen LogP contribution in [0.25, 0.3) is 0 Å². The third-order valence-electron chi connectivity index (χ3n) is 2.81. The molecule has 1 heterocycles. The van der Waals surface area contributed by atoms with E-state index >= 15 is 0 Å². The van der Waals surface area contributed by atoms with E-state index in [1.165, 1.54) is 19.3 Å². The third kappa shape index (κ3) is 4.65. The minimum absolute atomic E-state index is 0.162. The van der Waals surface area contributed by atoms with E-state index in [4.69, 9.17) is 0 Å².